The number of nitrogens with zero attached hydrogens (tertiary/aromatic N) is 1. The zero-order valence-corrected chi connectivity index (χ0v) is 17.6. The first kappa shape index (κ1) is 20.9. The number of hydrogen-bond acceptors (Lipinski definition) is 5. The first-order valence-electron chi connectivity index (χ1n) is 8.41. The van der Waals surface area contributed by atoms with Crippen molar-refractivity contribution in [1.82, 2.24) is 0 Å². The van der Waals surface area contributed by atoms with Gasteiger partial charge in [0.2, 0.25) is 5.91 Å². The lowest BCUT2D eigenvalue weighted by molar-refractivity contribution is -0.116. The molecule has 1 aromatic carbocycles. The van der Waals surface area contributed by atoms with Gasteiger partial charge in [-0.15, -0.1) is 11.3 Å². The van der Waals surface area contributed by atoms with E-state index >= 15 is 0 Å². The van der Waals surface area contributed by atoms with Crippen molar-refractivity contribution in [2.75, 3.05) is 29.7 Å². The third-order valence-corrected chi connectivity index (χ3v) is 5.43. The number of amides is 1. The summed E-state index contributed by atoms with van der Waals surface area (Å²) in [7, 11) is 3.09. The maximum Gasteiger partial charge on any atom is 0.341 e. The zero-order valence-electron chi connectivity index (χ0n) is 16.0. The molecular formula is C19H23N3O3S2. The lowest BCUT2D eigenvalue weighted by Crippen LogP contribution is -2.23. The number of nitrogens with one attached hydrogen (secondary N) is 2. The Morgan fingerprint density at radius 1 is 1.22 bits per heavy atom. The van der Waals surface area contributed by atoms with Crippen molar-refractivity contribution >= 4 is 56.9 Å². The first-order chi connectivity index (χ1) is 12.8. The van der Waals surface area contributed by atoms with E-state index in [2.05, 4.69) is 10.6 Å². The highest BCUT2D eigenvalue weighted by atomic mass is 32.1. The second-order valence-electron chi connectivity index (χ2n) is 5.89. The van der Waals surface area contributed by atoms with Crippen LogP contribution in [0.4, 0.5) is 16.4 Å². The van der Waals surface area contributed by atoms with E-state index in [1.165, 1.54) is 25.4 Å². The molecular weight excluding hydrogens is 382 g/mol. The van der Waals surface area contributed by atoms with E-state index in [4.69, 9.17) is 17.0 Å². The number of rotatable bonds is 5. The number of esters is 1. The molecule has 0 saturated heterocycles. The van der Waals surface area contributed by atoms with Gasteiger partial charge in [0, 0.05) is 30.2 Å². The SMILES string of the molecule is CCc1c(C)sc(NC(=S)Nc2ccc(N(C)C(C)=O)cc2)c1C(=O)OC. The van der Waals surface area contributed by atoms with E-state index in [9.17, 15) is 9.59 Å². The predicted octanol–water partition coefficient (Wildman–Crippen LogP) is 4.20. The normalized spacial score (nSPS) is 10.3. The summed E-state index contributed by atoms with van der Waals surface area (Å²) in [4.78, 5) is 26.2. The molecule has 27 heavy (non-hydrogen) atoms. The third kappa shape index (κ3) is 4.84. The van der Waals surface area contributed by atoms with Gasteiger partial charge in [-0.05, 0) is 55.4 Å². The molecule has 0 aliphatic rings. The minimum atomic E-state index is -0.377. The Morgan fingerprint density at radius 3 is 2.37 bits per heavy atom. The standard InChI is InChI=1S/C19H23N3O3S2/c1-6-15-11(2)27-17(16(15)18(24)25-5)21-19(26)20-13-7-9-14(10-8-13)22(4)12(3)23/h7-10H,6H2,1-5H3,(H2,20,21,26). The molecule has 6 nitrogen and oxygen atoms in total. The van der Waals surface area contributed by atoms with E-state index in [-0.39, 0.29) is 11.9 Å². The van der Waals surface area contributed by atoms with Crippen molar-refractivity contribution in [2.24, 2.45) is 0 Å². The van der Waals surface area contributed by atoms with Gasteiger partial charge in [0.25, 0.3) is 0 Å². The van der Waals surface area contributed by atoms with Gasteiger partial charge in [0.15, 0.2) is 5.11 Å². The lowest BCUT2D eigenvalue weighted by Gasteiger charge is -2.16. The summed E-state index contributed by atoms with van der Waals surface area (Å²) >= 11 is 6.86. The molecule has 0 bridgehead atoms. The topological polar surface area (TPSA) is 70.7 Å². The molecule has 2 rings (SSSR count). The van der Waals surface area contributed by atoms with Crippen LogP contribution in [-0.4, -0.2) is 31.1 Å². The highest BCUT2D eigenvalue weighted by Crippen LogP contribution is 2.34. The number of carbonyl (C=O) groups excluding carboxylic acids is 2. The Balaban J connectivity index is 2.14. The van der Waals surface area contributed by atoms with Crippen LogP contribution in [0.5, 0.6) is 0 Å². The number of aryl methyl sites for hydroxylation is 1. The Hall–Kier alpha value is -2.45. The number of methoxy groups -OCH3 is 1. The average Bonchev–Trinajstić information content (AvgIpc) is 2.95. The molecule has 8 heteroatoms. The highest BCUT2D eigenvalue weighted by molar-refractivity contribution is 7.80. The van der Waals surface area contributed by atoms with Crippen LogP contribution < -0.4 is 15.5 Å². The van der Waals surface area contributed by atoms with Crippen molar-refractivity contribution < 1.29 is 14.3 Å². The van der Waals surface area contributed by atoms with Crippen LogP contribution in [0.25, 0.3) is 0 Å². The molecule has 1 heterocycles. The molecule has 0 aliphatic heterocycles. The monoisotopic (exact) mass is 405 g/mol. The van der Waals surface area contributed by atoms with Crippen LogP contribution in [0.15, 0.2) is 24.3 Å². The molecule has 0 fully saturated rings. The Labute approximate surface area is 168 Å². The van der Waals surface area contributed by atoms with E-state index in [1.807, 2.05) is 38.1 Å². The Kier molecular flexibility index (Phi) is 6.92. The van der Waals surface area contributed by atoms with Crippen LogP contribution >= 0.6 is 23.6 Å². The van der Waals surface area contributed by atoms with Gasteiger partial charge in [-0.2, -0.15) is 0 Å². The minimum absolute atomic E-state index is 0.0389. The zero-order chi connectivity index (χ0) is 20.1. The molecule has 0 aliphatic carbocycles. The first-order valence-corrected chi connectivity index (χ1v) is 9.63. The molecule has 0 unspecified atom stereocenters. The quantitative estimate of drug-likeness (QED) is 0.574. The summed E-state index contributed by atoms with van der Waals surface area (Å²) in [5.41, 5.74) is 3.07. The molecule has 2 N–H and O–H groups in total. The summed E-state index contributed by atoms with van der Waals surface area (Å²) in [5, 5.41) is 7.23. The smallest absolute Gasteiger partial charge is 0.341 e. The van der Waals surface area contributed by atoms with Gasteiger partial charge in [-0.3, -0.25) is 4.79 Å². The fourth-order valence-electron chi connectivity index (χ4n) is 2.63. The Bertz CT molecular complexity index is 860. The molecule has 0 spiro atoms. The van der Waals surface area contributed by atoms with Crippen LogP contribution in [-0.2, 0) is 16.0 Å². The Morgan fingerprint density at radius 2 is 1.85 bits per heavy atom. The molecule has 1 amide bonds. The van der Waals surface area contributed by atoms with Gasteiger partial charge in [0.1, 0.15) is 5.00 Å². The number of ether oxygens (including phenoxy) is 1. The summed E-state index contributed by atoms with van der Waals surface area (Å²) < 4.78 is 4.92. The van der Waals surface area contributed by atoms with Crippen molar-refractivity contribution in [3.8, 4) is 0 Å². The largest absolute Gasteiger partial charge is 0.465 e. The summed E-state index contributed by atoms with van der Waals surface area (Å²) in [5.74, 6) is -0.416. The van der Waals surface area contributed by atoms with Crippen LogP contribution in [0.2, 0.25) is 0 Å². The van der Waals surface area contributed by atoms with E-state index in [0.717, 1.165) is 28.2 Å². The lowest BCUT2D eigenvalue weighted by atomic mass is 10.1. The second-order valence-corrected chi connectivity index (χ2v) is 7.52. The van der Waals surface area contributed by atoms with E-state index in [0.29, 0.717) is 15.7 Å². The number of carbonyl (C=O) groups is 2. The van der Waals surface area contributed by atoms with Crippen LogP contribution in [0, 0.1) is 6.92 Å². The maximum atomic E-state index is 12.2. The van der Waals surface area contributed by atoms with Crippen LogP contribution in [0.3, 0.4) is 0 Å². The molecule has 1 aromatic heterocycles. The van der Waals surface area contributed by atoms with Crippen molar-refractivity contribution in [2.45, 2.75) is 27.2 Å². The van der Waals surface area contributed by atoms with Crippen molar-refractivity contribution in [3.05, 3.63) is 40.3 Å². The van der Waals surface area contributed by atoms with Gasteiger partial charge >= 0.3 is 5.97 Å². The number of thiophene rings is 1. The molecule has 2 aromatic rings. The van der Waals surface area contributed by atoms with E-state index in [1.54, 1.807) is 11.9 Å². The van der Waals surface area contributed by atoms with Gasteiger partial charge in [-0.1, -0.05) is 6.92 Å². The molecule has 0 radical (unpaired) electrons. The van der Waals surface area contributed by atoms with Gasteiger partial charge in [-0.25, -0.2) is 4.79 Å². The number of hydrogen-bond donors (Lipinski definition) is 2. The predicted molar refractivity (Wildman–Crippen MR) is 115 cm³/mol. The average molecular weight is 406 g/mol. The highest BCUT2D eigenvalue weighted by Gasteiger charge is 2.22. The number of anilines is 3. The number of thiocarbonyl (C=S) groups is 1. The molecule has 0 atom stereocenters. The van der Waals surface area contributed by atoms with Gasteiger partial charge in [0.05, 0.1) is 12.7 Å². The fourth-order valence-corrected chi connectivity index (χ4v) is 4.05. The van der Waals surface area contributed by atoms with Crippen LogP contribution in [0.1, 0.15) is 34.6 Å². The van der Waals surface area contributed by atoms with Gasteiger partial charge < -0.3 is 20.3 Å². The summed E-state index contributed by atoms with van der Waals surface area (Å²) in [6.07, 6.45) is 0.736. The second kappa shape index (κ2) is 8.96. The van der Waals surface area contributed by atoms with E-state index < -0.39 is 0 Å². The molecule has 144 valence electrons. The van der Waals surface area contributed by atoms with Crippen molar-refractivity contribution in [3.63, 3.8) is 0 Å². The fraction of sp³-hybridized carbons (Fsp3) is 0.316. The minimum Gasteiger partial charge on any atom is -0.465 e. The summed E-state index contributed by atoms with van der Waals surface area (Å²) in [6, 6.07) is 7.33. The maximum absolute atomic E-state index is 12.2. The number of benzene rings is 1. The van der Waals surface area contributed by atoms with Crippen molar-refractivity contribution in [1.29, 1.82) is 0 Å². The third-order valence-electron chi connectivity index (χ3n) is 4.16. The summed E-state index contributed by atoms with van der Waals surface area (Å²) in [6.45, 7) is 5.49. The molecule has 0 saturated carbocycles.